The van der Waals surface area contributed by atoms with Gasteiger partial charge in [-0.1, -0.05) is 208 Å². The molecule has 1 aliphatic heterocycles. The zero-order valence-electron chi connectivity index (χ0n) is 47.9. The predicted octanol–water partition coefficient (Wildman–Crippen LogP) is 19.0. The first-order valence-electron chi connectivity index (χ1n) is 26.8. The summed E-state index contributed by atoms with van der Waals surface area (Å²) in [6, 6.07) is 52.3. The maximum atomic E-state index is 7.38. The molecule has 0 unspecified atom stereocenters. The van der Waals surface area contributed by atoms with Crippen molar-refractivity contribution < 1.29 is 25.8 Å². The van der Waals surface area contributed by atoms with Crippen LogP contribution in [0.5, 0.6) is 11.5 Å². The Hall–Kier alpha value is -5.90. The number of aromatic nitrogens is 2. The van der Waals surface area contributed by atoms with E-state index in [2.05, 4.69) is 285 Å². The monoisotopic (exact) mass is 1170 g/mol. The van der Waals surface area contributed by atoms with Gasteiger partial charge < -0.3 is 19.1 Å². The summed E-state index contributed by atoms with van der Waals surface area (Å²) in [7, 11) is 0. The first kappa shape index (κ1) is 55.3. The maximum Gasteiger partial charge on any atom is 0.135 e. The van der Waals surface area contributed by atoms with Gasteiger partial charge in [-0.05, 0) is 114 Å². The molecule has 0 spiro atoms. The van der Waals surface area contributed by atoms with Gasteiger partial charge in [-0.3, -0.25) is 0 Å². The topological polar surface area (TPSA) is 33.5 Å². The summed E-state index contributed by atoms with van der Waals surface area (Å²) in [5, 5.41) is 2.28. The number of para-hydroxylation sites is 1. The van der Waals surface area contributed by atoms with Crippen LogP contribution in [0.4, 0.5) is 11.4 Å². The average molecular weight is 1180 g/mol. The number of allylic oxidation sites excluding steroid dienone is 1. The van der Waals surface area contributed by atoms with Crippen molar-refractivity contribution in [2.24, 2.45) is 5.41 Å². The molecule has 0 saturated carbocycles. The van der Waals surface area contributed by atoms with Crippen molar-refractivity contribution in [3.8, 4) is 28.4 Å². The molecule has 0 N–H and O–H groups in total. The molecule has 0 amide bonds. The quantitative estimate of drug-likeness (QED) is 0.128. The predicted molar refractivity (Wildman–Crippen MR) is 314 cm³/mol. The number of rotatable bonds is 10. The number of nitrogens with zero attached hydrogens (tertiary/aromatic N) is 4. The van der Waals surface area contributed by atoms with Crippen molar-refractivity contribution >= 4 is 33.2 Å². The molecule has 8 aromatic rings. The van der Waals surface area contributed by atoms with Crippen LogP contribution in [0.3, 0.4) is 0 Å². The number of hydrogen-bond donors (Lipinski definition) is 0. The van der Waals surface area contributed by atoms with Gasteiger partial charge >= 0.3 is 0 Å². The van der Waals surface area contributed by atoms with E-state index >= 15 is 0 Å². The first-order chi connectivity index (χ1) is 34.6. The van der Waals surface area contributed by atoms with Crippen LogP contribution in [0.2, 0.25) is 0 Å². The van der Waals surface area contributed by atoms with Crippen molar-refractivity contribution in [1.29, 1.82) is 0 Å². The molecule has 1 aliphatic rings. The van der Waals surface area contributed by atoms with Gasteiger partial charge in [0.25, 0.3) is 0 Å². The van der Waals surface area contributed by atoms with E-state index in [0.717, 1.165) is 50.1 Å². The molecule has 0 radical (unpaired) electrons. The Labute approximate surface area is 464 Å². The van der Waals surface area contributed by atoms with Crippen molar-refractivity contribution in [3.05, 3.63) is 197 Å². The first-order valence-corrected chi connectivity index (χ1v) is 26.8. The van der Waals surface area contributed by atoms with Crippen LogP contribution in [-0.4, -0.2) is 9.55 Å². The summed E-state index contributed by atoms with van der Waals surface area (Å²) in [6.45, 7) is 43.6. The summed E-state index contributed by atoms with van der Waals surface area (Å²) in [6.07, 6.45) is 4.24. The molecule has 394 valence electrons. The van der Waals surface area contributed by atoms with Crippen LogP contribution in [0.1, 0.15) is 175 Å². The normalized spacial score (nSPS) is 13.8. The number of benzene rings is 6. The van der Waals surface area contributed by atoms with E-state index < -0.39 is 5.41 Å². The van der Waals surface area contributed by atoms with E-state index in [1.165, 1.54) is 44.6 Å². The fourth-order valence-corrected chi connectivity index (χ4v) is 10.6. The second kappa shape index (κ2) is 20.2. The van der Waals surface area contributed by atoms with Gasteiger partial charge in [0.2, 0.25) is 0 Å². The van der Waals surface area contributed by atoms with Gasteiger partial charge in [0.1, 0.15) is 5.82 Å². The fraction of sp³-hybridized carbons (Fsp3) is 0.362. The molecule has 6 heteroatoms. The second-order valence-corrected chi connectivity index (χ2v) is 26.0. The second-order valence-electron chi connectivity index (χ2n) is 26.0. The fourth-order valence-electron chi connectivity index (χ4n) is 10.6. The summed E-state index contributed by atoms with van der Waals surface area (Å²) in [5.41, 5.74) is 15.6. The SMILES string of the molecule is CC(C)c1cccc(C(C)C)c1-c1cc(Oc2[c-]c3c(c(C(C)(C)c4ccccc4)c2)c2ccccc2n3-c2cc(C(C)(C)C)ccn2)[c-]c(N2C=C(C(C)(C)C)N(c3cc(C(C)(C)C)cc(C(C)(C)C)c3)[CH-]2)c1.[Pt]. The van der Waals surface area contributed by atoms with Crippen LogP contribution < -0.4 is 14.5 Å². The van der Waals surface area contributed by atoms with Crippen molar-refractivity contribution in [2.45, 2.75) is 158 Å². The van der Waals surface area contributed by atoms with Gasteiger partial charge in [0.15, 0.2) is 0 Å². The van der Waals surface area contributed by atoms with Gasteiger partial charge in [0.05, 0.1) is 0 Å². The van der Waals surface area contributed by atoms with Crippen LogP contribution in [-0.2, 0) is 42.7 Å². The summed E-state index contributed by atoms with van der Waals surface area (Å²) >= 11 is 0. The summed E-state index contributed by atoms with van der Waals surface area (Å²) in [5.74, 6) is 2.66. The van der Waals surface area contributed by atoms with Gasteiger partial charge in [-0.15, -0.1) is 53.8 Å². The molecule has 0 aliphatic carbocycles. The third kappa shape index (κ3) is 10.9. The van der Waals surface area contributed by atoms with Gasteiger partial charge in [-0.2, -0.15) is 0 Å². The van der Waals surface area contributed by atoms with E-state index in [-0.39, 0.29) is 42.7 Å². The van der Waals surface area contributed by atoms with Crippen molar-refractivity contribution in [3.63, 3.8) is 0 Å². The largest absolute Gasteiger partial charge is 0.509 e. The summed E-state index contributed by atoms with van der Waals surface area (Å²) in [4.78, 5) is 9.72. The minimum absolute atomic E-state index is 0. The smallest absolute Gasteiger partial charge is 0.135 e. The minimum Gasteiger partial charge on any atom is -0.509 e. The number of anilines is 2. The molecular formula is C69H79N4OPt-3. The van der Waals surface area contributed by atoms with Crippen molar-refractivity contribution in [2.75, 3.05) is 9.80 Å². The van der Waals surface area contributed by atoms with Gasteiger partial charge in [0, 0.05) is 61.1 Å². The molecule has 75 heavy (non-hydrogen) atoms. The zero-order valence-corrected chi connectivity index (χ0v) is 50.2. The number of pyridine rings is 1. The molecule has 5 nitrogen and oxygen atoms in total. The molecule has 0 fully saturated rings. The number of ether oxygens (including phenoxy) is 1. The minimum atomic E-state index is -0.430. The molecule has 6 aromatic carbocycles. The van der Waals surface area contributed by atoms with Crippen LogP contribution in [0.25, 0.3) is 38.8 Å². The standard InChI is InChI=1S/C69H79N4O.Pt/c1-44(2)55-28-24-29-56(45(3)4)63(55)46-33-51(71-42-61(68(14,15)16)72(43-71)52-36-49(66(8,9)10)35-50(37-52)67(11,12)13)39-53(34-46)74-54-40-58(69(17,18)47-25-20-19-21-26-47)64-57-27-22-23-30-59(57)73(60(64)41-54)62-38-48(31-32-70-62)65(5,6)7;/h19-38,40,42-45H,1-18H3;/q-3;. The molecule has 9 rings (SSSR count). The molecule has 0 saturated heterocycles. The zero-order chi connectivity index (χ0) is 53.4. The molecular weight excluding hydrogens is 1100 g/mol. The Balaban J connectivity index is 0.00000747. The molecule has 0 atom stereocenters. The van der Waals surface area contributed by atoms with E-state index in [0.29, 0.717) is 23.3 Å². The number of hydrogen-bond acceptors (Lipinski definition) is 4. The van der Waals surface area contributed by atoms with Crippen molar-refractivity contribution in [1.82, 2.24) is 9.55 Å². The molecule has 3 heterocycles. The Bertz CT molecular complexity index is 3360. The Morgan fingerprint density at radius 1 is 0.560 bits per heavy atom. The van der Waals surface area contributed by atoms with Gasteiger partial charge in [-0.25, -0.2) is 4.98 Å². The number of fused-ring (bicyclic) bond motifs is 3. The van der Waals surface area contributed by atoms with Crippen LogP contribution in [0, 0.1) is 24.2 Å². The average Bonchev–Trinajstić information content (AvgIpc) is 3.94. The third-order valence-electron chi connectivity index (χ3n) is 15.1. The van der Waals surface area contributed by atoms with Crippen LogP contribution in [0.15, 0.2) is 139 Å². The van der Waals surface area contributed by atoms with Crippen LogP contribution >= 0.6 is 0 Å². The Morgan fingerprint density at radius 2 is 1.15 bits per heavy atom. The maximum absolute atomic E-state index is 7.38. The van der Waals surface area contributed by atoms with E-state index in [1.54, 1.807) is 0 Å². The molecule has 2 aromatic heterocycles. The Kier molecular flexibility index (Phi) is 14.9. The van der Waals surface area contributed by atoms with E-state index in [1.807, 2.05) is 6.20 Å². The van der Waals surface area contributed by atoms with E-state index in [4.69, 9.17) is 9.72 Å². The Morgan fingerprint density at radius 3 is 1.73 bits per heavy atom. The third-order valence-corrected chi connectivity index (χ3v) is 15.1. The molecule has 0 bridgehead atoms. The summed E-state index contributed by atoms with van der Waals surface area (Å²) < 4.78 is 9.66. The van der Waals surface area contributed by atoms with E-state index in [9.17, 15) is 0 Å².